The van der Waals surface area contributed by atoms with Crippen molar-refractivity contribution in [2.24, 2.45) is 0 Å². The maximum absolute atomic E-state index is 11.9. The third-order valence-electron chi connectivity index (χ3n) is 4.31. The number of carboxylic acid groups (broad SMARTS) is 1. The second kappa shape index (κ2) is 8.67. The number of thioether (sulfide) groups is 1. The highest BCUT2D eigenvalue weighted by Gasteiger charge is 2.24. The third-order valence-corrected chi connectivity index (χ3v) is 5.40. The molecular weight excluding hydrogens is 382 g/mol. The van der Waals surface area contributed by atoms with Gasteiger partial charge >= 0.3 is 5.97 Å². The standard InChI is InChI=1S/C23H17N3O2S/c27-22(28)21(18-14-8-3-9-15-18)29-23-24-19(16-10-4-1-5-11-16)20(25-26-23)17-12-6-2-7-13-17/h1-15,21H,(H,27,28)/t21-/m1/s1. The van der Waals surface area contributed by atoms with Crippen LogP contribution in [0.15, 0.2) is 96.2 Å². The molecule has 5 nitrogen and oxygen atoms in total. The largest absolute Gasteiger partial charge is 0.480 e. The first-order valence-electron chi connectivity index (χ1n) is 9.02. The van der Waals surface area contributed by atoms with Crippen molar-refractivity contribution in [3.8, 4) is 22.5 Å². The molecule has 29 heavy (non-hydrogen) atoms. The van der Waals surface area contributed by atoms with Gasteiger partial charge in [0.15, 0.2) is 0 Å². The topological polar surface area (TPSA) is 76.0 Å². The van der Waals surface area contributed by atoms with Gasteiger partial charge in [0.05, 0.1) is 0 Å². The smallest absolute Gasteiger partial charge is 0.321 e. The Bertz CT molecular complexity index is 1110. The number of benzene rings is 3. The van der Waals surface area contributed by atoms with Crippen LogP contribution in [0.5, 0.6) is 0 Å². The molecule has 0 spiro atoms. The van der Waals surface area contributed by atoms with Gasteiger partial charge in [0, 0.05) is 11.1 Å². The molecule has 0 saturated heterocycles. The van der Waals surface area contributed by atoms with E-state index >= 15 is 0 Å². The Kier molecular flexibility index (Phi) is 5.63. The van der Waals surface area contributed by atoms with Gasteiger partial charge in [-0.15, -0.1) is 10.2 Å². The number of rotatable bonds is 6. The molecule has 0 unspecified atom stereocenters. The highest BCUT2D eigenvalue weighted by molar-refractivity contribution is 8.00. The van der Waals surface area contributed by atoms with Crippen LogP contribution >= 0.6 is 11.8 Å². The highest BCUT2D eigenvalue weighted by atomic mass is 32.2. The average Bonchev–Trinajstić information content (AvgIpc) is 2.79. The molecule has 0 saturated carbocycles. The molecule has 4 rings (SSSR count). The normalized spacial score (nSPS) is 11.7. The number of carboxylic acids is 1. The molecule has 1 aromatic heterocycles. The number of nitrogens with zero attached hydrogens (tertiary/aromatic N) is 3. The van der Waals surface area contributed by atoms with Crippen LogP contribution in [0, 0.1) is 0 Å². The van der Waals surface area contributed by atoms with Gasteiger partial charge in [-0.2, -0.15) is 0 Å². The van der Waals surface area contributed by atoms with E-state index in [-0.39, 0.29) is 0 Å². The van der Waals surface area contributed by atoms with E-state index < -0.39 is 11.2 Å². The van der Waals surface area contributed by atoms with E-state index in [1.165, 1.54) is 0 Å². The summed E-state index contributed by atoms with van der Waals surface area (Å²) in [6, 6.07) is 28.5. The third kappa shape index (κ3) is 4.33. The molecule has 1 atom stereocenters. The predicted octanol–water partition coefficient (Wildman–Crippen LogP) is 5.12. The summed E-state index contributed by atoms with van der Waals surface area (Å²) >= 11 is 1.08. The molecule has 142 valence electrons. The molecule has 0 aliphatic carbocycles. The van der Waals surface area contributed by atoms with Crippen molar-refractivity contribution in [1.29, 1.82) is 0 Å². The predicted molar refractivity (Wildman–Crippen MR) is 113 cm³/mol. The Hall–Kier alpha value is -3.51. The van der Waals surface area contributed by atoms with Crippen LogP contribution in [0.4, 0.5) is 0 Å². The molecule has 0 radical (unpaired) electrons. The Balaban J connectivity index is 1.77. The summed E-state index contributed by atoms with van der Waals surface area (Å²) in [7, 11) is 0. The summed E-state index contributed by atoms with van der Waals surface area (Å²) in [6.07, 6.45) is 0. The first kappa shape index (κ1) is 18.8. The zero-order chi connectivity index (χ0) is 20.1. The summed E-state index contributed by atoms with van der Waals surface area (Å²) in [4.78, 5) is 16.5. The molecule has 0 bridgehead atoms. The fourth-order valence-corrected chi connectivity index (χ4v) is 3.78. The minimum absolute atomic E-state index is 0.319. The average molecular weight is 399 g/mol. The second-order valence-corrected chi connectivity index (χ2v) is 7.34. The van der Waals surface area contributed by atoms with Gasteiger partial charge in [-0.3, -0.25) is 4.79 Å². The highest BCUT2D eigenvalue weighted by Crippen LogP contribution is 2.36. The van der Waals surface area contributed by atoms with Crippen molar-refractivity contribution in [1.82, 2.24) is 15.2 Å². The molecule has 0 aliphatic rings. The van der Waals surface area contributed by atoms with E-state index in [9.17, 15) is 9.90 Å². The lowest BCUT2D eigenvalue weighted by Gasteiger charge is -2.13. The van der Waals surface area contributed by atoms with Crippen molar-refractivity contribution in [3.63, 3.8) is 0 Å². The van der Waals surface area contributed by atoms with Crippen LogP contribution in [-0.4, -0.2) is 26.3 Å². The minimum atomic E-state index is -0.946. The summed E-state index contributed by atoms with van der Waals surface area (Å²) in [5.41, 5.74) is 3.82. The van der Waals surface area contributed by atoms with Crippen LogP contribution in [0.1, 0.15) is 10.8 Å². The lowest BCUT2D eigenvalue weighted by atomic mass is 10.0. The van der Waals surface area contributed by atoms with Crippen molar-refractivity contribution in [3.05, 3.63) is 96.6 Å². The summed E-state index contributed by atoms with van der Waals surface area (Å²) in [5.74, 6) is -0.946. The van der Waals surface area contributed by atoms with E-state index in [0.717, 1.165) is 22.9 Å². The summed E-state index contributed by atoms with van der Waals surface area (Å²) < 4.78 is 0. The molecule has 1 heterocycles. The fourth-order valence-electron chi connectivity index (χ4n) is 2.94. The van der Waals surface area contributed by atoms with Gasteiger partial charge in [-0.05, 0) is 5.56 Å². The maximum Gasteiger partial charge on any atom is 0.321 e. The Morgan fingerprint density at radius 2 is 1.24 bits per heavy atom. The van der Waals surface area contributed by atoms with E-state index in [4.69, 9.17) is 4.98 Å². The molecule has 4 aromatic rings. The Labute approximate surface area is 172 Å². The molecule has 0 aliphatic heterocycles. The maximum atomic E-state index is 11.9. The lowest BCUT2D eigenvalue weighted by Crippen LogP contribution is -2.09. The van der Waals surface area contributed by atoms with E-state index in [1.807, 2.05) is 78.9 Å². The zero-order valence-electron chi connectivity index (χ0n) is 15.3. The van der Waals surface area contributed by atoms with Gasteiger partial charge in [-0.1, -0.05) is 103 Å². The van der Waals surface area contributed by atoms with Gasteiger partial charge < -0.3 is 5.11 Å². The fraction of sp³-hybridized carbons (Fsp3) is 0.0435. The first-order valence-corrected chi connectivity index (χ1v) is 9.90. The van der Waals surface area contributed by atoms with Crippen LogP contribution in [-0.2, 0) is 4.79 Å². The van der Waals surface area contributed by atoms with Gasteiger partial charge in [0.1, 0.15) is 16.6 Å². The molecule has 0 fully saturated rings. The monoisotopic (exact) mass is 399 g/mol. The molecule has 0 amide bonds. The van der Waals surface area contributed by atoms with Crippen LogP contribution < -0.4 is 0 Å². The first-order chi connectivity index (χ1) is 14.2. The Morgan fingerprint density at radius 3 is 1.79 bits per heavy atom. The van der Waals surface area contributed by atoms with Gasteiger partial charge in [0.25, 0.3) is 0 Å². The van der Waals surface area contributed by atoms with Crippen molar-refractivity contribution in [2.45, 2.75) is 10.4 Å². The summed E-state index contributed by atoms with van der Waals surface area (Å²) in [5, 5.41) is 17.8. The SMILES string of the molecule is O=C(O)[C@H](Sc1nnc(-c2ccccc2)c(-c2ccccc2)n1)c1ccccc1. The lowest BCUT2D eigenvalue weighted by molar-refractivity contribution is -0.136. The van der Waals surface area contributed by atoms with Crippen LogP contribution in [0.3, 0.4) is 0 Å². The van der Waals surface area contributed by atoms with E-state index in [0.29, 0.717) is 22.1 Å². The number of hydrogen-bond donors (Lipinski definition) is 1. The Morgan fingerprint density at radius 1 is 0.724 bits per heavy atom. The molecule has 6 heteroatoms. The van der Waals surface area contributed by atoms with Gasteiger partial charge in [-0.25, -0.2) is 4.98 Å². The molecular formula is C23H17N3O2S. The number of carbonyl (C=O) groups is 1. The van der Waals surface area contributed by atoms with Crippen molar-refractivity contribution >= 4 is 17.7 Å². The number of aromatic nitrogens is 3. The minimum Gasteiger partial charge on any atom is -0.480 e. The van der Waals surface area contributed by atoms with Crippen LogP contribution in [0.25, 0.3) is 22.5 Å². The van der Waals surface area contributed by atoms with Crippen molar-refractivity contribution in [2.75, 3.05) is 0 Å². The number of aliphatic carboxylic acids is 1. The van der Waals surface area contributed by atoms with E-state index in [1.54, 1.807) is 12.1 Å². The van der Waals surface area contributed by atoms with Crippen molar-refractivity contribution < 1.29 is 9.90 Å². The zero-order valence-corrected chi connectivity index (χ0v) is 16.2. The van der Waals surface area contributed by atoms with Gasteiger partial charge in [0.2, 0.25) is 5.16 Å². The van der Waals surface area contributed by atoms with Crippen LogP contribution in [0.2, 0.25) is 0 Å². The second-order valence-electron chi connectivity index (χ2n) is 6.27. The number of hydrogen-bond acceptors (Lipinski definition) is 5. The van der Waals surface area contributed by atoms with E-state index in [2.05, 4.69) is 10.2 Å². The molecule has 1 N–H and O–H groups in total. The quantitative estimate of drug-likeness (QED) is 0.453. The summed E-state index contributed by atoms with van der Waals surface area (Å²) in [6.45, 7) is 0. The molecule has 3 aromatic carbocycles.